The van der Waals surface area contributed by atoms with Gasteiger partial charge in [-0.2, -0.15) is 0 Å². The molecule has 0 fully saturated rings. The maximum Gasteiger partial charge on any atom is 0.311 e. The molecule has 0 saturated heterocycles. The predicted molar refractivity (Wildman–Crippen MR) is 71.6 cm³/mol. The van der Waals surface area contributed by atoms with E-state index in [1.165, 1.54) is 5.57 Å². The number of ether oxygens (including phenoxy) is 1. The highest BCUT2D eigenvalue weighted by Gasteiger charge is 2.08. The molecule has 18 heavy (non-hydrogen) atoms. The van der Waals surface area contributed by atoms with Crippen molar-refractivity contribution in [3.05, 3.63) is 41.5 Å². The Morgan fingerprint density at radius 1 is 1.44 bits per heavy atom. The van der Waals surface area contributed by atoms with Crippen LogP contribution in [0, 0.1) is 6.92 Å². The number of benzene rings is 1. The van der Waals surface area contributed by atoms with E-state index in [1.54, 1.807) is 0 Å². The summed E-state index contributed by atoms with van der Waals surface area (Å²) < 4.78 is 5.30. The Bertz CT molecular complexity index is 452. The molecule has 1 aromatic carbocycles. The number of carbonyl (C=O) groups is 1. The number of hydrogen-bond donors (Lipinski definition) is 1. The van der Waals surface area contributed by atoms with Crippen LogP contribution in [0.25, 0.3) is 0 Å². The van der Waals surface area contributed by atoms with E-state index in [-0.39, 0.29) is 5.97 Å². The van der Waals surface area contributed by atoms with E-state index >= 15 is 0 Å². The number of hydrogen-bond acceptors (Lipinski definition) is 3. The molecule has 96 valence electrons. The molecule has 3 nitrogen and oxygen atoms in total. The van der Waals surface area contributed by atoms with Gasteiger partial charge < -0.3 is 10.1 Å². The molecule has 0 unspecified atom stereocenters. The second-order valence-electron chi connectivity index (χ2n) is 4.61. The Balaban J connectivity index is 1.80. The molecule has 0 amide bonds. The SMILES string of the molecule is Cc1cccc(OC(=O)CCC2=CCNCC2)c1. The van der Waals surface area contributed by atoms with Crippen molar-refractivity contribution < 1.29 is 9.53 Å². The predicted octanol–water partition coefficient (Wildman–Crippen LogP) is 2.60. The zero-order valence-corrected chi connectivity index (χ0v) is 10.7. The van der Waals surface area contributed by atoms with Gasteiger partial charge in [0.1, 0.15) is 5.75 Å². The third kappa shape index (κ3) is 4.00. The Morgan fingerprint density at radius 2 is 2.33 bits per heavy atom. The highest BCUT2D eigenvalue weighted by atomic mass is 16.5. The van der Waals surface area contributed by atoms with Crippen LogP contribution in [0.4, 0.5) is 0 Å². The molecular weight excluding hydrogens is 226 g/mol. The van der Waals surface area contributed by atoms with Gasteiger partial charge in [0.05, 0.1) is 0 Å². The first kappa shape index (κ1) is 12.8. The van der Waals surface area contributed by atoms with E-state index in [4.69, 9.17) is 4.74 Å². The van der Waals surface area contributed by atoms with Crippen LogP contribution < -0.4 is 10.1 Å². The van der Waals surface area contributed by atoms with Crippen molar-refractivity contribution in [3.8, 4) is 5.75 Å². The zero-order chi connectivity index (χ0) is 12.8. The third-order valence-corrected chi connectivity index (χ3v) is 3.03. The zero-order valence-electron chi connectivity index (χ0n) is 10.7. The van der Waals surface area contributed by atoms with Gasteiger partial charge in [-0.05, 0) is 44.0 Å². The molecule has 1 aliphatic rings. The van der Waals surface area contributed by atoms with Gasteiger partial charge in [0.2, 0.25) is 0 Å². The van der Waals surface area contributed by atoms with Crippen molar-refractivity contribution in [2.24, 2.45) is 0 Å². The van der Waals surface area contributed by atoms with Crippen molar-refractivity contribution in [2.75, 3.05) is 13.1 Å². The largest absolute Gasteiger partial charge is 0.427 e. The summed E-state index contributed by atoms with van der Waals surface area (Å²) in [5, 5.41) is 3.26. The molecule has 0 aromatic heterocycles. The van der Waals surface area contributed by atoms with Crippen LogP contribution in [0.5, 0.6) is 5.75 Å². The molecular formula is C15H19NO2. The summed E-state index contributed by atoms with van der Waals surface area (Å²) in [7, 11) is 0. The summed E-state index contributed by atoms with van der Waals surface area (Å²) in [6.07, 6.45) is 4.48. The maximum atomic E-state index is 11.7. The van der Waals surface area contributed by atoms with Gasteiger partial charge in [-0.3, -0.25) is 4.79 Å². The second kappa shape index (κ2) is 6.36. The number of esters is 1. The van der Waals surface area contributed by atoms with E-state index in [2.05, 4.69) is 11.4 Å². The van der Waals surface area contributed by atoms with E-state index in [0.717, 1.165) is 31.5 Å². The van der Waals surface area contributed by atoms with Crippen molar-refractivity contribution in [1.82, 2.24) is 5.32 Å². The smallest absolute Gasteiger partial charge is 0.311 e. The lowest BCUT2D eigenvalue weighted by molar-refractivity contribution is -0.134. The molecule has 3 heteroatoms. The normalized spacial score (nSPS) is 15.1. The fraction of sp³-hybridized carbons (Fsp3) is 0.400. The first-order chi connectivity index (χ1) is 8.74. The molecule has 1 aromatic rings. The van der Waals surface area contributed by atoms with Crippen LogP contribution in [-0.4, -0.2) is 19.1 Å². The van der Waals surface area contributed by atoms with Gasteiger partial charge in [-0.1, -0.05) is 23.8 Å². The molecule has 2 rings (SSSR count). The quantitative estimate of drug-likeness (QED) is 0.503. The van der Waals surface area contributed by atoms with Crippen LogP contribution in [-0.2, 0) is 4.79 Å². The fourth-order valence-corrected chi connectivity index (χ4v) is 2.02. The molecule has 0 spiro atoms. The average molecular weight is 245 g/mol. The molecule has 0 aliphatic carbocycles. The van der Waals surface area contributed by atoms with Crippen LogP contribution in [0.2, 0.25) is 0 Å². The van der Waals surface area contributed by atoms with Gasteiger partial charge in [0, 0.05) is 13.0 Å². The number of carbonyl (C=O) groups excluding carboxylic acids is 1. The number of nitrogens with one attached hydrogen (secondary N) is 1. The summed E-state index contributed by atoms with van der Waals surface area (Å²) in [5.41, 5.74) is 2.45. The van der Waals surface area contributed by atoms with E-state index in [0.29, 0.717) is 12.2 Å². The van der Waals surface area contributed by atoms with Gasteiger partial charge in [-0.15, -0.1) is 0 Å². The highest BCUT2D eigenvalue weighted by Crippen LogP contribution is 2.16. The van der Waals surface area contributed by atoms with Crippen molar-refractivity contribution in [3.63, 3.8) is 0 Å². The lowest BCUT2D eigenvalue weighted by Crippen LogP contribution is -2.21. The van der Waals surface area contributed by atoms with Crippen LogP contribution >= 0.6 is 0 Å². The Morgan fingerprint density at radius 3 is 3.06 bits per heavy atom. The Labute approximate surface area is 108 Å². The second-order valence-corrected chi connectivity index (χ2v) is 4.61. The van der Waals surface area contributed by atoms with Crippen LogP contribution in [0.15, 0.2) is 35.9 Å². The van der Waals surface area contributed by atoms with Gasteiger partial charge in [-0.25, -0.2) is 0 Å². The van der Waals surface area contributed by atoms with E-state index < -0.39 is 0 Å². The first-order valence-corrected chi connectivity index (χ1v) is 6.40. The van der Waals surface area contributed by atoms with E-state index in [9.17, 15) is 4.79 Å². The van der Waals surface area contributed by atoms with E-state index in [1.807, 2.05) is 31.2 Å². The van der Waals surface area contributed by atoms with Gasteiger partial charge >= 0.3 is 5.97 Å². The average Bonchev–Trinajstić information content (AvgIpc) is 2.38. The minimum atomic E-state index is -0.153. The van der Waals surface area contributed by atoms with Crippen molar-refractivity contribution in [2.45, 2.75) is 26.2 Å². The van der Waals surface area contributed by atoms with Gasteiger partial charge in [0.25, 0.3) is 0 Å². The third-order valence-electron chi connectivity index (χ3n) is 3.03. The summed E-state index contributed by atoms with van der Waals surface area (Å²) in [4.78, 5) is 11.7. The summed E-state index contributed by atoms with van der Waals surface area (Å²) in [6.45, 7) is 3.91. The summed E-state index contributed by atoms with van der Waals surface area (Å²) >= 11 is 0. The molecule has 1 N–H and O–H groups in total. The Kier molecular flexibility index (Phi) is 4.53. The van der Waals surface area contributed by atoms with Crippen molar-refractivity contribution in [1.29, 1.82) is 0 Å². The molecule has 0 atom stereocenters. The lowest BCUT2D eigenvalue weighted by Gasteiger charge is -2.13. The molecule has 0 saturated carbocycles. The fourth-order valence-electron chi connectivity index (χ4n) is 2.02. The monoisotopic (exact) mass is 245 g/mol. The van der Waals surface area contributed by atoms with Gasteiger partial charge in [0.15, 0.2) is 0 Å². The molecule has 1 aliphatic heterocycles. The minimum Gasteiger partial charge on any atom is -0.427 e. The Hall–Kier alpha value is -1.61. The topological polar surface area (TPSA) is 38.3 Å². The summed E-state index contributed by atoms with van der Waals surface area (Å²) in [6, 6.07) is 7.57. The standard InChI is InChI=1S/C15H19NO2/c1-12-3-2-4-14(11-12)18-15(17)6-5-13-7-9-16-10-8-13/h2-4,7,11,16H,5-6,8-10H2,1H3. The number of aryl methyl sites for hydroxylation is 1. The molecule has 0 radical (unpaired) electrons. The summed E-state index contributed by atoms with van der Waals surface area (Å²) in [5.74, 6) is 0.485. The van der Waals surface area contributed by atoms with Crippen molar-refractivity contribution >= 4 is 5.97 Å². The van der Waals surface area contributed by atoms with Crippen LogP contribution in [0.1, 0.15) is 24.8 Å². The lowest BCUT2D eigenvalue weighted by atomic mass is 10.0. The molecule has 0 bridgehead atoms. The highest BCUT2D eigenvalue weighted by molar-refractivity contribution is 5.72. The number of rotatable bonds is 4. The minimum absolute atomic E-state index is 0.153. The molecule has 1 heterocycles. The van der Waals surface area contributed by atoms with Crippen LogP contribution in [0.3, 0.4) is 0 Å². The first-order valence-electron chi connectivity index (χ1n) is 6.40. The maximum absolute atomic E-state index is 11.7.